The second kappa shape index (κ2) is 9.17. The summed E-state index contributed by atoms with van der Waals surface area (Å²) >= 11 is 0. The standard InChI is InChI=1S/C22H25NO5/c1-13-9-14(2)21(15(3)10-13)27-12-20(25)28-17(5)22(26)23-19-8-6-7-18(11-19)16(4)24/h6-11,17H,12H2,1-5H3,(H,23,26)/t17-/m0/s1. The van der Waals surface area contributed by atoms with Crippen molar-refractivity contribution >= 4 is 23.3 Å². The molecule has 0 saturated heterocycles. The van der Waals surface area contributed by atoms with Crippen LogP contribution in [0.2, 0.25) is 0 Å². The quantitative estimate of drug-likeness (QED) is 0.581. The zero-order valence-electron chi connectivity index (χ0n) is 16.8. The number of amides is 1. The fourth-order valence-electron chi connectivity index (χ4n) is 2.87. The molecule has 0 heterocycles. The summed E-state index contributed by atoms with van der Waals surface area (Å²) in [4.78, 5) is 35.7. The lowest BCUT2D eigenvalue weighted by Crippen LogP contribution is -2.31. The van der Waals surface area contributed by atoms with Crippen LogP contribution in [0.1, 0.15) is 40.9 Å². The van der Waals surface area contributed by atoms with Crippen LogP contribution in [0.5, 0.6) is 5.75 Å². The second-order valence-electron chi connectivity index (χ2n) is 6.77. The Morgan fingerprint density at radius 2 is 1.68 bits per heavy atom. The van der Waals surface area contributed by atoms with Gasteiger partial charge in [-0.1, -0.05) is 29.8 Å². The first kappa shape index (κ1) is 21.2. The third-order valence-corrected chi connectivity index (χ3v) is 4.15. The molecule has 6 nitrogen and oxygen atoms in total. The average molecular weight is 383 g/mol. The Morgan fingerprint density at radius 3 is 2.29 bits per heavy atom. The van der Waals surface area contributed by atoms with E-state index in [2.05, 4.69) is 5.32 Å². The molecule has 0 aliphatic carbocycles. The van der Waals surface area contributed by atoms with Gasteiger partial charge in [-0.3, -0.25) is 9.59 Å². The van der Waals surface area contributed by atoms with Crippen molar-refractivity contribution in [3.8, 4) is 5.75 Å². The molecule has 1 atom stereocenters. The van der Waals surface area contributed by atoms with Gasteiger partial charge in [0.2, 0.25) is 0 Å². The first-order valence-electron chi connectivity index (χ1n) is 8.99. The Balaban J connectivity index is 1.90. The van der Waals surface area contributed by atoms with Gasteiger partial charge in [-0.2, -0.15) is 0 Å². The van der Waals surface area contributed by atoms with Crippen LogP contribution in [-0.2, 0) is 14.3 Å². The molecule has 0 saturated carbocycles. The minimum atomic E-state index is -1.00. The molecular weight excluding hydrogens is 358 g/mol. The number of anilines is 1. The highest BCUT2D eigenvalue weighted by atomic mass is 16.6. The van der Waals surface area contributed by atoms with E-state index in [1.165, 1.54) is 13.8 Å². The van der Waals surface area contributed by atoms with Crippen molar-refractivity contribution in [1.82, 2.24) is 0 Å². The number of Topliss-reactive ketones (excluding diaryl/α,β-unsaturated/α-hetero) is 1. The van der Waals surface area contributed by atoms with Crippen molar-refractivity contribution < 1.29 is 23.9 Å². The van der Waals surface area contributed by atoms with E-state index < -0.39 is 18.0 Å². The largest absolute Gasteiger partial charge is 0.481 e. The number of hydrogen-bond acceptors (Lipinski definition) is 5. The molecule has 0 radical (unpaired) electrons. The van der Waals surface area contributed by atoms with Crippen LogP contribution in [-0.4, -0.2) is 30.4 Å². The number of benzene rings is 2. The number of esters is 1. The van der Waals surface area contributed by atoms with E-state index in [0.29, 0.717) is 17.0 Å². The molecule has 0 aliphatic rings. The van der Waals surface area contributed by atoms with E-state index >= 15 is 0 Å². The number of rotatable bonds is 7. The van der Waals surface area contributed by atoms with Gasteiger partial charge in [-0.25, -0.2) is 4.79 Å². The molecular formula is C22H25NO5. The van der Waals surface area contributed by atoms with Crippen LogP contribution in [0.25, 0.3) is 0 Å². The predicted molar refractivity (Wildman–Crippen MR) is 107 cm³/mol. The molecule has 2 aromatic rings. The van der Waals surface area contributed by atoms with Gasteiger partial charge in [-0.15, -0.1) is 0 Å². The molecule has 2 rings (SSSR count). The summed E-state index contributed by atoms with van der Waals surface area (Å²) in [5, 5.41) is 2.63. The number of aryl methyl sites for hydroxylation is 3. The van der Waals surface area contributed by atoms with Crippen LogP contribution >= 0.6 is 0 Å². The smallest absolute Gasteiger partial charge is 0.344 e. The first-order chi connectivity index (χ1) is 13.2. The normalized spacial score (nSPS) is 11.5. The monoisotopic (exact) mass is 383 g/mol. The fourth-order valence-corrected chi connectivity index (χ4v) is 2.87. The van der Waals surface area contributed by atoms with Crippen molar-refractivity contribution in [2.75, 3.05) is 11.9 Å². The Kier molecular flexibility index (Phi) is 6.93. The van der Waals surface area contributed by atoms with Gasteiger partial charge in [0.1, 0.15) is 5.75 Å². The zero-order valence-corrected chi connectivity index (χ0v) is 16.8. The molecule has 1 amide bonds. The van der Waals surface area contributed by atoms with Crippen molar-refractivity contribution in [3.05, 3.63) is 58.7 Å². The van der Waals surface area contributed by atoms with E-state index in [1.54, 1.807) is 24.3 Å². The Hall–Kier alpha value is -3.15. The maximum absolute atomic E-state index is 12.2. The van der Waals surface area contributed by atoms with Crippen LogP contribution in [0.3, 0.4) is 0 Å². The van der Waals surface area contributed by atoms with Gasteiger partial charge >= 0.3 is 5.97 Å². The lowest BCUT2D eigenvalue weighted by molar-refractivity contribution is -0.155. The van der Waals surface area contributed by atoms with Gasteiger partial charge in [0.05, 0.1) is 0 Å². The molecule has 1 N–H and O–H groups in total. The summed E-state index contributed by atoms with van der Waals surface area (Å²) in [6.07, 6.45) is -1.00. The van der Waals surface area contributed by atoms with Gasteiger partial charge in [0.15, 0.2) is 18.5 Å². The number of ketones is 1. The molecule has 148 valence electrons. The summed E-state index contributed by atoms with van der Waals surface area (Å²) in [5.74, 6) is -0.591. The van der Waals surface area contributed by atoms with Crippen molar-refractivity contribution in [1.29, 1.82) is 0 Å². The van der Waals surface area contributed by atoms with Crippen molar-refractivity contribution in [2.24, 2.45) is 0 Å². The zero-order chi connectivity index (χ0) is 20.8. The number of ether oxygens (including phenoxy) is 2. The summed E-state index contributed by atoms with van der Waals surface area (Å²) in [5.41, 5.74) is 3.93. The number of carbonyl (C=O) groups is 3. The maximum atomic E-state index is 12.2. The van der Waals surface area contributed by atoms with Crippen LogP contribution in [0, 0.1) is 20.8 Å². The predicted octanol–water partition coefficient (Wildman–Crippen LogP) is 3.76. The van der Waals surface area contributed by atoms with E-state index in [4.69, 9.17) is 9.47 Å². The minimum Gasteiger partial charge on any atom is -0.481 e. The fraction of sp³-hybridized carbons (Fsp3) is 0.318. The van der Waals surface area contributed by atoms with E-state index in [0.717, 1.165) is 16.7 Å². The number of hydrogen-bond donors (Lipinski definition) is 1. The third kappa shape index (κ3) is 5.67. The molecule has 0 fully saturated rings. The van der Waals surface area contributed by atoms with Gasteiger partial charge in [-0.05, 0) is 57.9 Å². The lowest BCUT2D eigenvalue weighted by Gasteiger charge is -2.16. The SMILES string of the molecule is CC(=O)c1cccc(NC(=O)[C@H](C)OC(=O)COc2c(C)cc(C)cc2C)c1. The highest BCUT2D eigenvalue weighted by Crippen LogP contribution is 2.24. The molecule has 0 aromatic heterocycles. The number of nitrogens with one attached hydrogen (secondary N) is 1. The Labute approximate surface area is 164 Å². The molecule has 0 unspecified atom stereocenters. The van der Waals surface area contributed by atoms with Gasteiger partial charge < -0.3 is 14.8 Å². The topological polar surface area (TPSA) is 81.7 Å². The maximum Gasteiger partial charge on any atom is 0.344 e. The molecule has 0 bridgehead atoms. The van der Waals surface area contributed by atoms with Crippen LogP contribution in [0.4, 0.5) is 5.69 Å². The van der Waals surface area contributed by atoms with Crippen LogP contribution in [0.15, 0.2) is 36.4 Å². The van der Waals surface area contributed by atoms with Gasteiger partial charge in [0, 0.05) is 11.3 Å². The highest BCUT2D eigenvalue weighted by Gasteiger charge is 2.19. The Bertz CT molecular complexity index is 881. The van der Waals surface area contributed by atoms with Gasteiger partial charge in [0.25, 0.3) is 5.91 Å². The van der Waals surface area contributed by atoms with Crippen molar-refractivity contribution in [3.63, 3.8) is 0 Å². The third-order valence-electron chi connectivity index (χ3n) is 4.15. The lowest BCUT2D eigenvalue weighted by atomic mass is 10.1. The van der Waals surface area contributed by atoms with Crippen molar-refractivity contribution in [2.45, 2.75) is 40.7 Å². The molecule has 28 heavy (non-hydrogen) atoms. The van der Waals surface area contributed by atoms with E-state index in [-0.39, 0.29) is 12.4 Å². The van der Waals surface area contributed by atoms with E-state index in [1.807, 2.05) is 32.9 Å². The minimum absolute atomic E-state index is 0.102. The Morgan fingerprint density at radius 1 is 1.04 bits per heavy atom. The van der Waals surface area contributed by atoms with E-state index in [9.17, 15) is 14.4 Å². The summed E-state index contributed by atoms with van der Waals surface area (Å²) in [6, 6.07) is 10.5. The number of carbonyl (C=O) groups excluding carboxylic acids is 3. The molecule has 2 aromatic carbocycles. The van der Waals surface area contributed by atoms with Crippen LogP contribution < -0.4 is 10.1 Å². The average Bonchev–Trinajstić information content (AvgIpc) is 2.60. The molecule has 0 aliphatic heterocycles. The molecule has 6 heteroatoms. The molecule has 0 spiro atoms. The summed E-state index contributed by atoms with van der Waals surface area (Å²) in [7, 11) is 0. The summed E-state index contributed by atoms with van der Waals surface area (Å²) in [6.45, 7) is 8.44. The summed E-state index contributed by atoms with van der Waals surface area (Å²) < 4.78 is 10.7. The highest BCUT2D eigenvalue weighted by molar-refractivity contribution is 5.98. The first-order valence-corrected chi connectivity index (χ1v) is 8.99. The second-order valence-corrected chi connectivity index (χ2v) is 6.77.